The standard InChI is InChI=1S/C12H14ClNO4/c13-8-1-3-10-7(5-17-6-18-10)12(8)9(14)2-4-11(15)16/h1,3,9H,2,4-6,14H2,(H,15,16). The van der Waals surface area contributed by atoms with Crippen LogP contribution in [0.15, 0.2) is 12.1 Å². The predicted molar refractivity (Wildman–Crippen MR) is 65.5 cm³/mol. The molecule has 0 aromatic heterocycles. The summed E-state index contributed by atoms with van der Waals surface area (Å²) in [5, 5.41) is 9.19. The zero-order valence-corrected chi connectivity index (χ0v) is 10.4. The zero-order chi connectivity index (χ0) is 13.1. The quantitative estimate of drug-likeness (QED) is 0.876. The van der Waals surface area contributed by atoms with Gasteiger partial charge in [0.2, 0.25) is 0 Å². The van der Waals surface area contributed by atoms with Crippen molar-refractivity contribution in [3.63, 3.8) is 0 Å². The molecule has 2 rings (SSSR count). The fourth-order valence-corrected chi connectivity index (χ4v) is 2.29. The highest BCUT2D eigenvalue weighted by Gasteiger charge is 2.22. The van der Waals surface area contributed by atoms with Gasteiger partial charge in [-0.15, -0.1) is 0 Å². The van der Waals surface area contributed by atoms with Crippen LogP contribution in [-0.4, -0.2) is 17.9 Å². The molecule has 0 aliphatic carbocycles. The second-order valence-electron chi connectivity index (χ2n) is 4.09. The average molecular weight is 272 g/mol. The second kappa shape index (κ2) is 5.56. The summed E-state index contributed by atoms with van der Waals surface area (Å²) >= 11 is 6.13. The largest absolute Gasteiger partial charge is 0.481 e. The van der Waals surface area contributed by atoms with Gasteiger partial charge in [-0.1, -0.05) is 11.6 Å². The van der Waals surface area contributed by atoms with E-state index in [4.69, 9.17) is 31.9 Å². The van der Waals surface area contributed by atoms with Gasteiger partial charge in [-0.05, 0) is 24.1 Å². The molecule has 1 aromatic rings. The summed E-state index contributed by atoms with van der Waals surface area (Å²) < 4.78 is 10.6. The SMILES string of the molecule is NC(CCC(=O)O)c1c(Cl)ccc2c1COCO2. The Bertz CT molecular complexity index is 464. The van der Waals surface area contributed by atoms with Crippen molar-refractivity contribution in [2.45, 2.75) is 25.5 Å². The molecule has 0 amide bonds. The van der Waals surface area contributed by atoms with E-state index in [0.717, 1.165) is 11.1 Å². The first-order chi connectivity index (χ1) is 8.59. The van der Waals surface area contributed by atoms with E-state index in [1.54, 1.807) is 12.1 Å². The number of halogens is 1. The van der Waals surface area contributed by atoms with Gasteiger partial charge in [-0.25, -0.2) is 0 Å². The molecule has 0 saturated heterocycles. The van der Waals surface area contributed by atoms with E-state index in [2.05, 4.69) is 0 Å². The van der Waals surface area contributed by atoms with Crippen molar-refractivity contribution in [2.75, 3.05) is 6.79 Å². The summed E-state index contributed by atoms with van der Waals surface area (Å²) in [6.45, 7) is 0.588. The van der Waals surface area contributed by atoms with Gasteiger partial charge < -0.3 is 20.3 Å². The predicted octanol–water partition coefficient (Wildman–Crippen LogP) is 2.07. The zero-order valence-electron chi connectivity index (χ0n) is 9.69. The number of hydrogen-bond acceptors (Lipinski definition) is 4. The molecule has 0 saturated carbocycles. The molecule has 5 nitrogen and oxygen atoms in total. The van der Waals surface area contributed by atoms with Gasteiger partial charge in [0.1, 0.15) is 5.75 Å². The molecule has 6 heteroatoms. The van der Waals surface area contributed by atoms with Crippen LogP contribution in [0.3, 0.4) is 0 Å². The topological polar surface area (TPSA) is 81.8 Å². The summed E-state index contributed by atoms with van der Waals surface area (Å²) in [6.07, 6.45) is 0.328. The highest BCUT2D eigenvalue weighted by molar-refractivity contribution is 6.31. The van der Waals surface area contributed by atoms with Crippen LogP contribution in [0, 0.1) is 0 Å². The minimum absolute atomic E-state index is 0.00285. The number of ether oxygens (including phenoxy) is 2. The minimum atomic E-state index is -0.876. The lowest BCUT2D eigenvalue weighted by molar-refractivity contribution is -0.137. The van der Waals surface area contributed by atoms with Crippen LogP contribution < -0.4 is 10.5 Å². The van der Waals surface area contributed by atoms with Gasteiger partial charge in [0, 0.05) is 23.0 Å². The van der Waals surface area contributed by atoms with Crippen molar-refractivity contribution in [3.05, 3.63) is 28.3 Å². The normalized spacial score (nSPS) is 15.7. The lowest BCUT2D eigenvalue weighted by Gasteiger charge is -2.24. The third kappa shape index (κ3) is 2.75. The fraction of sp³-hybridized carbons (Fsp3) is 0.417. The molecule has 1 atom stereocenters. The van der Waals surface area contributed by atoms with Crippen LogP contribution in [-0.2, 0) is 16.1 Å². The maximum absolute atomic E-state index is 10.6. The Hall–Kier alpha value is -1.30. The molecule has 0 radical (unpaired) electrons. The van der Waals surface area contributed by atoms with Crippen molar-refractivity contribution in [1.82, 2.24) is 0 Å². The number of benzene rings is 1. The van der Waals surface area contributed by atoms with Gasteiger partial charge >= 0.3 is 5.97 Å². The lowest BCUT2D eigenvalue weighted by atomic mass is 9.96. The Morgan fingerprint density at radius 3 is 3.06 bits per heavy atom. The molecule has 0 bridgehead atoms. The van der Waals surface area contributed by atoms with Crippen LogP contribution in [0.25, 0.3) is 0 Å². The Labute approximate surface area is 109 Å². The van der Waals surface area contributed by atoms with Crippen molar-refractivity contribution >= 4 is 17.6 Å². The maximum atomic E-state index is 10.6. The highest BCUT2D eigenvalue weighted by Crippen LogP contribution is 2.36. The van der Waals surface area contributed by atoms with E-state index in [-0.39, 0.29) is 13.2 Å². The van der Waals surface area contributed by atoms with E-state index in [1.165, 1.54) is 0 Å². The fourth-order valence-electron chi connectivity index (χ4n) is 1.97. The molecule has 98 valence electrons. The van der Waals surface area contributed by atoms with Crippen molar-refractivity contribution in [1.29, 1.82) is 0 Å². The molecule has 1 heterocycles. The van der Waals surface area contributed by atoms with E-state index in [1.807, 2.05) is 0 Å². The smallest absolute Gasteiger partial charge is 0.303 e. The van der Waals surface area contributed by atoms with Gasteiger partial charge in [0.25, 0.3) is 0 Å². The van der Waals surface area contributed by atoms with Crippen LogP contribution >= 0.6 is 11.6 Å². The number of carboxylic acid groups (broad SMARTS) is 1. The van der Waals surface area contributed by atoms with Gasteiger partial charge in [-0.2, -0.15) is 0 Å². The Kier molecular flexibility index (Phi) is 4.06. The minimum Gasteiger partial charge on any atom is -0.481 e. The van der Waals surface area contributed by atoms with Crippen molar-refractivity contribution < 1.29 is 19.4 Å². The molecular formula is C12H14ClNO4. The first-order valence-corrected chi connectivity index (χ1v) is 5.96. The molecule has 1 aliphatic heterocycles. The van der Waals surface area contributed by atoms with Crippen molar-refractivity contribution in [3.8, 4) is 5.75 Å². The van der Waals surface area contributed by atoms with Gasteiger partial charge in [-0.3, -0.25) is 4.79 Å². The van der Waals surface area contributed by atoms with Crippen molar-refractivity contribution in [2.24, 2.45) is 5.73 Å². The number of hydrogen-bond donors (Lipinski definition) is 2. The number of nitrogens with two attached hydrogens (primary N) is 1. The molecule has 0 spiro atoms. The van der Waals surface area contributed by atoms with E-state index < -0.39 is 12.0 Å². The Morgan fingerprint density at radius 1 is 1.56 bits per heavy atom. The van der Waals surface area contributed by atoms with Crippen LogP contribution in [0.1, 0.15) is 30.0 Å². The number of fused-ring (bicyclic) bond motifs is 1. The number of rotatable bonds is 4. The molecule has 18 heavy (non-hydrogen) atoms. The van der Waals surface area contributed by atoms with Crippen LogP contribution in [0.2, 0.25) is 5.02 Å². The van der Waals surface area contributed by atoms with E-state index >= 15 is 0 Å². The number of carboxylic acids is 1. The third-order valence-electron chi connectivity index (χ3n) is 2.85. The van der Waals surface area contributed by atoms with Gasteiger partial charge in [0.15, 0.2) is 6.79 Å². The summed E-state index contributed by atoms with van der Waals surface area (Å²) in [5.74, 6) is -0.176. The Balaban J connectivity index is 2.27. The summed E-state index contributed by atoms with van der Waals surface area (Å²) in [5.41, 5.74) is 7.54. The average Bonchev–Trinajstić information content (AvgIpc) is 2.36. The third-order valence-corrected chi connectivity index (χ3v) is 3.17. The molecule has 3 N–H and O–H groups in total. The molecular weight excluding hydrogens is 258 g/mol. The number of carbonyl (C=O) groups is 1. The first kappa shape index (κ1) is 13.1. The maximum Gasteiger partial charge on any atom is 0.303 e. The van der Waals surface area contributed by atoms with Crippen LogP contribution in [0.5, 0.6) is 5.75 Å². The Morgan fingerprint density at radius 2 is 2.33 bits per heavy atom. The molecule has 1 aliphatic rings. The van der Waals surface area contributed by atoms with Gasteiger partial charge in [0.05, 0.1) is 6.61 Å². The summed E-state index contributed by atoms with van der Waals surface area (Å²) in [4.78, 5) is 10.6. The molecule has 1 aromatic carbocycles. The van der Waals surface area contributed by atoms with E-state index in [0.29, 0.717) is 23.8 Å². The monoisotopic (exact) mass is 271 g/mol. The van der Waals surface area contributed by atoms with Crippen LogP contribution in [0.4, 0.5) is 0 Å². The molecule has 1 unspecified atom stereocenters. The second-order valence-corrected chi connectivity index (χ2v) is 4.49. The highest BCUT2D eigenvalue weighted by atomic mass is 35.5. The lowest BCUT2D eigenvalue weighted by Crippen LogP contribution is -2.19. The summed E-state index contributed by atoms with van der Waals surface area (Å²) in [7, 11) is 0. The summed E-state index contributed by atoms with van der Waals surface area (Å²) in [6, 6.07) is 3.05. The van der Waals surface area contributed by atoms with E-state index in [9.17, 15) is 4.79 Å². The number of aliphatic carboxylic acids is 1. The first-order valence-electron chi connectivity index (χ1n) is 5.58. The molecule has 0 fully saturated rings.